The summed E-state index contributed by atoms with van der Waals surface area (Å²) in [6, 6.07) is 0. The van der Waals surface area contributed by atoms with E-state index in [0.29, 0.717) is 5.92 Å². The lowest BCUT2D eigenvalue weighted by Gasteiger charge is -2.50. The molecule has 108 valence electrons. The van der Waals surface area contributed by atoms with Crippen molar-refractivity contribution in [2.75, 3.05) is 19.8 Å². The molecule has 4 fully saturated rings. The van der Waals surface area contributed by atoms with Gasteiger partial charge in [-0.25, -0.2) is 0 Å². The summed E-state index contributed by atoms with van der Waals surface area (Å²) < 4.78 is 17.8. The molecular weight excluding hydrogens is 255 g/mol. The van der Waals surface area contributed by atoms with E-state index in [9.17, 15) is 0 Å². The van der Waals surface area contributed by atoms with Crippen LogP contribution in [0.15, 0.2) is 0 Å². The number of fused-ring (bicyclic) bond motifs is 3. The van der Waals surface area contributed by atoms with Crippen LogP contribution in [0.25, 0.3) is 0 Å². The lowest BCUT2D eigenvalue weighted by molar-refractivity contribution is -0.475. The van der Waals surface area contributed by atoms with Crippen LogP contribution in [-0.2, 0) is 14.2 Å². The van der Waals surface area contributed by atoms with Crippen LogP contribution in [0.5, 0.6) is 0 Å². The topological polar surface area (TPSA) is 27.7 Å². The number of hydrogen-bond acceptors (Lipinski definition) is 3. The van der Waals surface area contributed by atoms with E-state index >= 15 is 0 Å². The van der Waals surface area contributed by atoms with Crippen molar-refractivity contribution >= 4 is 14.1 Å². The fraction of sp³-hybridized carbons (Fsp3) is 1.00. The molecule has 3 aliphatic heterocycles. The first-order chi connectivity index (χ1) is 9.11. The van der Waals surface area contributed by atoms with Gasteiger partial charge in [-0.05, 0) is 12.3 Å². The number of rotatable bonds is 6. The Morgan fingerprint density at radius 3 is 2.16 bits per heavy atom. The third-order valence-corrected chi connectivity index (χ3v) is 8.80. The molecule has 1 aliphatic carbocycles. The molecule has 0 radical (unpaired) electrons. The number of hydrogen-bond donors (Lipinski definition) is 0. The molecule has 2 unspecified atom stereocenters. The predicted octanol–water partition coefficient (Wildman–Crippen LogP) is 3.28. The average molecular weight is 282 g/mol. The minimum Gasteiger partial charge on any atom is -0.326 e. The summed E-state index contributed by atoms with van der Waals surface area (Å²) in [5, 5.41) is 4.38. The molecule has 0 aromatic carbocycles. The Bertz CT molecular complexity index is 305. The van der Waals surface area contributed by atoms with E-state index in [1.807, 2.05) is 0 Å². The summed E-state index contributed by atoms with van der Waals surface area (Å²) in [4.78, 5) is 0. The second kappa shape index (κ2) is 5.31. The van der Waals surface area contributed by atoms with Crippen molar-refractivity contribution in [1.82, 2.24) is 0 Å². The van der Waals surface area contributed by atoms with Gasteiger partial charge < -0.3 is 14.2 Å². The zero-order valence-electron chi connectivity index (χ0n) is 12.6. The largest absolute Gasteiger partial charge is 0.326 e. The monoisotopic (exact) mass is 282 g/mol. The van der Waals surface area contributed by atoms with Crippen LogP contribution >= 0.6 is 0 Å². The quantitative estimate of drug-likeness (QED) is 0.700. The molecule has 4 rings (SSSR count). The maximum Gasteiger partial charge on any atom is 0.286 e. The summed E-state index contributed by atoms with van der Waals surface area (Å²) in [5.41, 5.74) is 0.0918. The highest BCUT2D eigenvalue weighted by Crippen LogP contribution is 2.56. The number of ether oxygens (including phenoxy) is 3. The minimum absolute atomic E-state index is 0.0918. The van der Waals surface area contributed by atoms with E-state index in [2.05, 4.69) is 20.8 Å². The Kier molecular flexibility index (Phi) is 4.01. The average Bonchev–Trinajstić information content (AvgIpc) is 3.22. The summed E-state index contributed by atoms with van der Waals surface area (Å²) >= 11 is -0.433. The van der Waals surface area contributed by atoms with Crippen LogP contribution in [0.2, 0.25) is 15.8 Å². The highest BCUT2D eigenvalue weighted by molar-refractivity contribution is 6.58. The standard InChI is InChI=1S/C11H17O3.2C2H5.Al/c1-3-8-4-9(8)11-12-5-10(2,6-13-11)7-14-11;2*1-2;/h8-9H,1,3-7H2,2H3;2*1H2,2H3;. The maximum atomic E-state index is 5.95. The lowest BCUT2D eigenvalue weighted by Crippen LogP contribution is -2.60. The van der Waals surface area contributed by atoms with Crippen molar-refractivity contribution in [1.29, 1.82) is 0 Å². The summed E-state index contributed by atoms with van der Waals surface area (Å²) in [6.45, 7) is 9.31. The maximum absolute atomic E-state index is 5.95. The normalized spacial score (nSPS) is 44.4. The summed E-state index contributed by atoms with van der Waals surface area (Å²) in [7, 11) is 0. The van der Waals surface area contributed by atoms with E-state index in [1.165, 1.54) is 28.7 Å². The predicted molar refractivity (Wildman–Crippen MR) is 76.4 cm³/mol. The van der Waals surface area contributed by atoms with Crippen LogP contribution in [0.4, 0.5) is 0 Å². The smallest absolute Gasteiger partial charge is 0.286 e. The second-order valence-corrected chi connectivity index (χ2v) is 11.1. The van der Waals surface area contributed by atoms with E-state index in [4.69, 9.17) is 14.2 Å². The third kappa shape index (κ3) is 2.76. The molecule has 4 heteroatoms. The van der Waals surface area contributed by atoms with Gasteiger partial charge in [-0.2, -0.15) is 0 Å². The van der Waals surface area contributed by atoms with Crippen molar-refractivity contribution in [3.8, 4) is 0 Å². The van der Waals surface area contributed by atoms with E-state index in [1.54, 1.807) is 0 Å². The van der Waals surface area contributed by atoms with Gasteiger partial charge in [0.05, 0.1) is 19.8 Å². The fourth-order valence-corrected chi connectivity index (χ4v) is 5.84. The van der Waals surface area contributed by atoms with Gasteiger partial charge in [0.15, 0.2) is 0 Å². The van der Waals surface area contributed by atoms with Gasteiger partial charge in [0, 0.05) is 11.3 Å². The fourth-order valence-electron chi connectivity index (χ4n) is 3.54. The van der Waals surface area contributed by atoms with Crippen molar-refractivity contribution in [3.63, 3.8) is 0 Å². The van der Waals surface area contributed by atoms with Gasteiger partial charge >= 0.3 is 0 Å². The molecule has 3 heterocycles. The molecule has 0 aromatic rings. The van der Waals surface area contributed by atoms with Gasteiger partial charge in [0.1, 0.15) is 0 Å². The first-order valence-corrected chi connectivity index (χ1v) is 10.5. The zero-order valence-corrected chi connectivity index (χ0v) is 13.8. The first kappa shape index (κ1) is 14.4. The lowest BCUT2D eigenvalue weighted by atomic mass is 9.91. The van der Waals surface area contributed by atoms with Crippen LogP contribution in [0, 0.1) is 17.3 Å². The summed E-state index contributed by atoms with van der Waals surface area (Å²) in [6.07, 6.45) is 2.61. The molecule has 2 bridgehead atoms. The Morgan fingerprint density at radius 1 is 1.05 bits per heavy atom. The Morgan fingerprint density at radius 2 is 1.63 bits per heavy atom. The Hall–Kier alpha value is 0.412. The van der Waals surface area contributed by atoms with Crippen molar-refractivity contribution in [2.24, 2.45) is 17.3 Å². The molecule has 0 spiro atoms. The van der Waals surface area contributed by atoms with Crippen molar-refractivity contribution in [3.05, 3.63) is 0 Å². The molecule has 3 nitrogen and oxygen atoms in total. The Balaban J connectivity index is 1.50. The molecule has 4 aliphatic rings. The highest BCUT2D eigenvalue weighted by atomic mass is 27.2. The molecule has 3 saturated heterocycles. The van der Waals surface area contributed by atoms with E-state index < -0.39 is 20.1 Å². The zero-order chi connectivity index (χ0) is 13.5. The molecule has 2 atom stereocenters. The molecule has 0 amide bonds. The SMILES string of the molecule is C[CH2][Al]([CH2]C)[CH2]CC1CC1C12OCC(C)(CO1)CO2. The third-order valence-electron chi connectivity index (χ3n) is 5.34. The minimum atomic E-state index is -0.655. The molecule has 19 heavy (non-hydrogen) atoms. The van der Waals surface area contributed by atoms with Crippen molar-refractivity contribution in [2.45, 2.75) is 55.4 Å². The Labute approximate surface area is 121 Å². The van der Waals surface area contributed by atoms with Crippen molar-refractivity contribution < 1.29 is 14.2 Å². The van der Waals surface area contributed by atoms with Gasteiger partial charge in [0.25, 0.3) is 20.1 Å². The van der Waals surface area contributed by atoms with E-state index in [-0.39, 0.29) is 5.41 Å². The van der Waals surface area contributed by atoms with Gasteiger partial charge in [-0.15, -0.1) is 0 Å². The van der Waals surface area contributed by atoms with Crippen LogP contribution in [0.1, 0.15) is 33.6 Å². The second-order valence-electron chi connectivity index (χ2n) is 7.14. The van der Waals surface area contributed by atoms with Crippen LogP contribution in [0.3, 0.4) is 0 Å². The molecule has 0 N–H and O–H groups in total. The molecule has 0 aromatic heterocycles. The summed E-state index contributed by atoms with van der Waals surface area (Å²) in [5.74, 6) is 0.633. The van der Waals surface area contributed by atoms with Gasteiger partial charge in [0.2, 0.25) is 0 Å². The van der Waals surface area contributed by atoms with Gasteiger partial charge in [-0.3, -0.25) is 0 Å². The van der Waals surface area contributed by atoms with Crippen LogP contribution < -0.4 is 0 Å². The molecule has 1 saturated carbocycles. The van der Waals surface area contributed by atoms with E-state index in [0.717, 1.165) is 25.7 Å². The highest BCUT2D eigenvalue weighted by Gasteiger charge is 2.62. The van der Waals surface area contributed by atoms with Crippen LogP contribution in [-0.4, -0.2) is 39.9 Å². The first-order valence-electron chi connectivity index (χ1n) is 8.02. The molecular formula is C15H27AlO3. The van der Waals surface area contributed by atoms with Gasteiger partial charge in [-0.1, -0.05) is 43.0 Å².